The lowest BCUT2D eigenvalue weighted by Gasteiger charge is -2.10. The van der Waals surface area contributed by atoms with E-state index in [1.54, 1.807) is 37.4 Å². The van der Waals surface area contributed by atoms with Crippen LogP contribution in [0.4, 0.5) is 5.69 Å². The molecule has 9 nitrogen and oxygen atoms in total. The van der Waals surface area contributed by atoms with Crippen molar-refractivity contribution in [3.63, 3.8) is 0 Å². The third-order valence-electron chi connectivity index (χ3n) is 4.25. The van der Waals surface area contributed by atoms with Gasteiger partial charge in [0.25, 0.3) is 5.91 Å². The molecule has 0 radical (unpaired) electrons. The molecule has 11 heteroatoms. The highest BCUT2D eigenvalue weighted by molar-refractivity contribution is 8.18. The SMILES string of the molecule is COc1cc(C=C2SC(=Nc3ccc(Cl)c(C(=O)O)c3)N(C)C2=O)ccc1OCC(=O)O. The largest absolute Gasteiger partial charge is 0.493 e. The molecular formula is C21H17ClN2O7S. The number of hydrogen-bond acceptors (Lipinski definition) is 7. The Labute approximate surface area is 191 Å². The van der Waals surface area contributed by atoms with Crippen molar-refractivity contribution in [2.45, 2.75) is 0 Å². The van der Waals surface area contributed by atoms with Crippen LogP contribution in [-0.2, 0) is 9.59 Å². The summed E-state index contributed by atoms with van der Waals surface area (Å²) in [5, 5.41) is 18.4. The number of aliphatic carboxylic acids is 1. The quantitative estimate of drug-likeness (QED) is 0.579. The van der Waals surface area contributed by atoms with E-state index in [0.717, 1.165) is 11.8 Å². The molecule has 3 rings (SSSR count). The Morgan fingerprint density at radius 3 is 2.59 bits per heavy atom. The molecule has 2 aromatic rings. The summed E-state index contributed by atoms with van der Waals surface area (Å²) >= 11 is 7.01. The summed E-state index contributed by atoms with van der Waals surface area (Å²) in [6.45, 7) is -0.510. The molecule has 166 valence electrons. The number of amidine groups is 1. The number of hydrogen-bond donors (Lipinski definition) is 2. The molecule has 32 heavy (non-hydrogen) atoms. The molecule has 0 aromatic heterocycles. The highest BCUT2D eigenvalue weighted by Gasteiger charge is 2.30. The van der Waals surface area contributed by atoms with Crippen molar-refractivity contribution in [2.24, 2.45) is 4.99 Å². The van der Waals surface area contributed by atoms with Crippen molar-refractivity contribution in [2.75, 3.05) is 20.8 Å². The number of ether oxygens (including phenoxy) is 2. The Morgan fingerprint density at radius 2 is 1.94 bits per heavy atom. The van der Waals surface area contributed by atoms with Crippen molar-refractivity contribution < 1.29 is 34.1 Å². The van der Waals surface area contributed by atoms with Gasteiger partial charge in [-0.05, 0) is 53.7 Å². The minimum Gasteiger partial charge on any atom is -0.493 e. The fraction of sp³-hybridized carbons (Fsp3) is 0.143. The zero-order valence-corrected chi connectivity index (χ0v) is 18.4. The van der Waals surface area contributed by atoms with Gasteiger partial charge in [-0.25, -0.2) is 14.6 Å². The molecule has 1 heterocycles. The highest BCUT2D eigenvalue weighted by atomic mass is 35.5. The van der Waals surface area contributed by atoms with Crippen LogP contribution in [0.2, 0.25) is 5.02 Å². The van der Waals surface area contributed by atoms with Crippen LogP contribution < -0.4 is 9.47 Å². The first-order valence-corrected chi connectivity index (χ1v) is 10.2. The number of likely N-dealkylation sites (N-methyl/N-ethyl adjacent to an activating group) is 1. The van der Waals surface area contributed by atoms with Crippen molar-refractivity contribution in [3.8, 4) is 11.5 Å². The van der Waals surface area contributed by atoms with Gasteiger partial charge in [0, 0.05) is 7.05 Å². The van der Waals surface area contributed by atoms with E-state index in [-0.39, 0.29) is 22.2 Å². The normalized spacial score (nSPS) is 16.0. The standard InChI is InChI=1S/C21H17ClN2O7S/c1-24-19(27)17(8-11-3-6-15(16(7-11)30-2)31-10-18(25)26)32-21(24)23-12-4-5-14(22)13(9-12)20(28)29/h3-9H,10H2,1-2H3,(H,25,26)(H,28,29). The fourth-order valence-electron chi connectivity index (χ4n) is 2.69. The zero-order chi connectivity index (χ0) is 23.4. The topological polar surface area (TPSA) is 126 Å². The van der Waals surface area contributed by atoms with Crippen LogP contribution in [0.25, 0.3) is 6.08 Å². The fourth-order valence-corrected chi connectivity index (χ4v) is 3.88. The van der Waals surface area contributed by atoms with Gasteiger partial charge in [0.1, 0.15) is 0 Å². The zero-order valence-electron chi connectivity index (χ0n) is 16.9. The number of amides is 1. The summed E-state index contributed by atoms with van der Waals surface area (Å²) in [4.78, 5) is 40.7. The van der Waals surface area contributed by atoms with Crippen molar-refractivity contribution in [1.82, 2.24) is 4.90 Å². The molecule has 1 amide bonds. The van der Waals surface area contributed by atoms with Crippen molar-refractivity contribution in [1.29, 1.82) is 0 Å². The lowest BCUT2D eigenvalue weighted by molar-refractivity contribution is -0.139. The maximum Gasteiger partial charge on any atom is 0.341 e. The number of aromatic carboxylic acids is 1. The smallest absolute Gasteiger partial charge is 0.341 e. The Bertz CT molecular complexity index is 1160. The predicted octanol–water partition coefficient (Wildman–Crippen LogP) is 3.74. The summed E-state index contributed by atoms with van der Waals surface area (Å²) in [6, 6.07) is 9.16. The number of benzene rings is 2. The molecule has 0 bridgehead atoms. The van der Waals surface area contributed by atoms with Crippen LogP contribution in [0.5, 0.6) is 11.5 Å². The second-order valence-corrected chi connectivity index (χ2v) is 7.85. The molecule has 0 spiro atoms. The monoisotopic (exact) mass is 476 g/mol. The lowest BCUT2D eigenvalue weighted by Crippen LogP contribution is -2.23. The van der Waals surface area contributed by atoms with Gasteiger partial charge in [-0.3, -0.25) is 9.69 Å². The van der Waals surface area contributed by atoms with Crippen LogP contribution in [-0.4, -0.2) is 58.9 Å². The molecule has 2 aromatic carbocycles. The molecule has 1 saturated heterocycles. The molecule has 2 N–H and O–H groups in total. The number of carboxylic acids is 2. The second kappa shape index (κ2) is 9.75. The summed E-state index contributed by atoms with van der Waals surface area (Å²) in [5.41, 5.74) is 0.894. The first kappa shape index (κ1) is 23.2. The average molecular weight is 477 g/mol. The van der Waals surface area contributed by atoms with E-state index >= 15 is 0 Å². The molecule has 0 atom stereocenters. The molecule has 1 aliphatic rings. The summed E-state index contributed by atoms with van der Waals surface area (Å²) in [5.74, 6) is -1.99. The van der Waals surface area contributed by atoms with E-state index in [0.29, 0.717) is 27.1 Å². The summed E-state index contributed by atoms with van der Waals surface area (Å²) in [6.07, 6.45) is 1.64. The number of carbonyl (C=O) groups is 3. The van der Waals surface area contributed by atoms with Crippen molar-refractivity contribution >= 4 is 58.1 Å². The number of thioether (sulfide) groups is 1. The first-order valence-electron chi connectivity index (χ1n) is 9.01. The third kappa shape index (κ3) is 5.21. The van der Waals surface area contributed by atoms with E-state index in [9.17, 15) is 19.5 Å². The molecule has 1 aliphatic heterocycles. The number of rotatable bonds is 7. The van der Waals surface area contributed by atoms with E-state index < -0.39 is 18.5 Å². The average Bonchev–Trinajstić information content (AvgIpc) is 3.01. The van der Waals surface area contributed by atoms with Crippen LogP contribution in [0.15, 0.2) is 46.3 Å². The van der Waals surface area contributed by atoms with E-state index in [4.69, 9.17) is 26.2 Å². The summed E-state index contributed by atoms with van der Waals surface area (Å²) < 4.78 is 10.4. The third-order valence-corrected chi connectivity index (χ3v) is 5.63. The molecular weight excluding hydrogens is 460 g/mol. The number of aliphatic imine (C=N–C) groups is 1. The second-order valence-electron chi connectivity index (χ2n) is 6.43. The number of carboxylic acid groups (broad SMARTS) is 2. The van der Waals surface area contributed by atoms with Crippen LogP contribution in [0.3, 0.4) is 0 Å². The van der Waals surface area contributed by atoms with Gasteiger partial charge >= 0.3 is 11.9 Å². The molecule has 1 fully saturated rings. The van der Waals surface area contributed by atoms with Crippen LogP contribution >= 0.6 is 23.4 Å². The predicted molar refractivity (Wildman–Crippen MR) is 120 cm³/mol. The summed E-state index contributed by atoms with van der Waals surface area (Å²) in [7, 11) is 2.98. The Hall–Kier alpha value is -3.50. The molecule has 0 saturated carbocycles. The van der Waals surface area contributed by atoms with Gasteiger partial charge in [0.05, 0.1) is 28.3 Å². The van der Waals surface area contributed by atoms with Crippen molar-refractivity contribution in [3.05, 3.63) is 57.5 Å². The molecule has 0 unspecified atom stereocenters. The lowest BCUT2D eigenvalue weighted by atomic mass is 10.2. The number of halogens is 1. The number of methoxy groups -OCH3 is 1. The number of nitrogens with zero attached hydrogens (tertiary/aromatic N) is 2. The maximum absolute atomic E-state index is 12.7. The Morgan fingerprint density at radius 1 is 1.19 bits per heavy atom. The minimum atomic E-state index is -1.18. The first-order chi connectivity index (χ1) is 15.2. The van der Waals surface area contributed by atoms with Gasteiger partial charge in [-0.15, -0.1) is 0 Å². The van der Waals surface area contributed by atoms with E-state index in [1.165, 1.54) is 24.1 Å². The van der Waals surface area contributed by atoms with Gasteiger partial charge in [0.15, 0.2) is 23.3 Å². The van der Waals surface area contributed by atoms with Crippen LogP contribution in [0, 0.1) is 0 Å². The maximum atomic E-state index is 12.7. The van der Waals surface area contributed by atoms with Crippen LogP contribution in [0.1, 0.15) is 15.9 Å². The van der Waals surface area contributed by atoms with E-state index in [2.05, 4.69) is 4.99 Å². The Kier molecular flexibility index (Phi) is 7.06. The van der Waals surface area contributed by atoms with Gasteiger partial charge in [-0.1, -0.05) is 17.7 Å². The molecule has 0 aliphatic carbocycles. The highest BCUT2D eigenvalue weighted by Crippen LogP contribution is 2.35. The minimum absolute atomic E-state index is 0.0847. The number of carbonyl (C=O) groups excluding carboxylic acids is 1. The van der Waals surface area contributed by atoms with Gasteiger partial charge in [-0.2, -0.15) is 0 Å². The van der Waals surface area contributed by atoms with E-state index in [1.807, 2.05) is 0 Å². The Balaban J connectivity index is 1.87. The van der Waals surface area contributed by atoms with Gasteiger partial charge < -0.3 is 19.7 Å². The van der Waals surface area contributed by atoms with Gasteiger partial charge in [0.2, 0.25) is 0 Å².